The fourth-order valence-electron chi connectivity index (χ4n) is 1.98. The first-order chi connectivity index (χ1) is 10.0. The molecule has 0 bridgehead atoms. The third-order valence-electron chi connectivity index (χ3n) is 3.15. The van der Waals surface area contributed by atoms with Crippen molar-refractivity contribution in [2.75, 3.05) is 33.4 Å². The van der Waals surface area contributed by atoms with Gasteiger partial charge in [-0.3, -0.25) is 0 Å². The predicted molar refractivity (Wildman–Crippen MR) is 81.8 cm³/mol. The van der Waals surface area contributed by atoms with E-state index < -0.39 is 10.0 Å². The molecule has 1 aromatic rings. The van der Waals surface area contributed by atoms with Gasteiger partial charge in [-0.25, -0.2) is 8.42 Å². The smallest absolute Gasteiger partial charge is 0.243 e. The molecule has 0 radical (unpaired) electrons. The molecule has 21 heavy (non-hydrogen) atoms. The zero-order valence-corrected chi connectivity index (χ0v) is 13.6. The molecular weight excluding hydrogens is 292 g/mol. The van der Waals surface area contributed by atoms with E-state index in [0.29, 0.717) is 37.6 Å². The average Bonchev–Trinajstić information content (AvgIpc) is 2.50. The molecule has 7 heteroatoms. The highest BCUT2D eigenvalue weighted by Gasteiger charge is 2.23. The number of benzene rings is 1. The molecule has 0 aliphatic heterocycles. The third kappa shape index (κ3) is 4.41. The van der Waals surface area contributed by atoms with Gasteiger partial charge in [0.15, 0.2) is 0 Å². The van der Waals surface area contributed by atoms with Crippen molar-refractivity contribution in [1.29, 1.82) is 0 Å². The molecule has 0 unspecified atom stereocenters. The minimum atomic E-state index is -3.55. The number of rotatable bonds is 9. The van der Waals surface area contributed by atoms with Gasteiger partial charge in [-0.1, -0.05) is 6.92 Å². The van der Waals surface area contributed by atoms with Gasteiger partial charge < -0.3 is 15.2 Å². The quantitative estimate of drug-likeness (QED) is 0.692. The summed E-state index contributed by atoms with van der Waals surface area (Å²) in [6.45, 7) is 5.56. The standard InChI is InChI=1S/C14H24N2O4S/c1-4-16(8-9-20-5-2)21(17,18)13-6-7-14(19-3)12(10-13)11-15/h6-7,10H,4-5,8-9,11,15H2,1-3H3. The lowest BCUT2D eigenvalue weighted by molar-refractivity contribution is 0.135. The van der Waals surface area contributed by atoms with Crippen LogP contribution in [-0.2, 0) is 21.3 Å². The molecule has 0 spiro atoms. The van der Waals surface area contributed by atoms with Crippen LogP contribution in [0.25, 0.3) is 0 Å². The van der Waals surface area contributed by atoms with Gasteiger partial charge in [0.2, 0.25) is 10.0 Å². The zero-order valence-electron chi connectivity index (χ0n) is 12.8. The van der Waals surface area contributed by atoms with Crippen molar-refractivity contribution >= 4 is 10.0 Å². The first-order valence-electron chi connectivity index (χ1n) is 6.96. The molecule has 0 atom stereocenters. The Morgan fingerprint density at radius 3 is 2.52 bits per heavy atom. The highest BCUT2D eigenvalue weighted by atomic mass is 32.2. The second-order valence-corrected chi connectivity index (χ2v) is 6.31. The van der Waals surface area contributed by atoms with E-state index in [4.69, 9.17) is 15.2 Å². The normalized spacial score (nSPS) is 11.9. The van der Waals surface area contributed by atoms with E-state index in [0.717, 1.165) is 0 Å². The molecule has 2 N–H and O–H groups in total. The third-order valence-corrected chi connectivity index (χ3v) is 5.12. The molecule has 1 aromatic carbocycles. The molecule has 0 aliphatic rings. The number of sulfonamides is 1. The van der Waals surface area contributed by atoms with Gasteiger partial charge >= 0.3 is 0 Å². The van der Waals surface area contributed by atoms with E-state index >= 15 is 0 Å². The maximum atomic E-state index is 12.6. The maximum Gasteiger partial charge on any atom is 0.243 e. The van der Waals surface area contributed by atoms with E-state index in [1.54, 1.807) is 19.1 Å². The van der Waals surface area contributed by atoms with Gasteiger partial charge in [0.25, 0.3) is 0 Å². The molecular formula is C14H24N2O4S. The Kier molecular flexibility index (Phi) is 7.10. The lowest BCUT2D eigenvalue weighted by Crippen LogP contribution is -2.34. The highest BCUT2D eigenvalue weighted by Crippen LogP contribution is 2.24. The van der Waals surface area contributed by atoms with Gasteiger partial charge in [0.1, 0.15) is 5.75 Å². The second-order valence-electron chi connectivity index (χ2n) is 4.37. The first kappa shape index (κ1) is 17.9. The molecule has 0 heterocycles. The lowest BCUT2D eigenvalue weighted by Gasteiger charge is -2.21. The van der Waals surface area contributed by atoms with E-state index in [9.17, 15) is 8.42 Å². The van der Waals surface area contributed by atoms with E-state index in [-0.39, 0.29) is 11.4 Å². The Morgan fingerprint density at radius 2 is 2.00 bits per heavy atom. The van der Waals surface area contributed by atoms with E-state index in [2.05, 4.69) is 0 Å². The Labute approximate surface area is 126 Å². The van der Waals surface area contributed by atoms with Crippen LogP contribution in [0.15, 0.2) is 23.1 Å². The summed E-state index contributed by atoms with van der Waals surface area (Å²) in [5.41, 5.74) is 6.30. The highest BCUT2D eigenvalue weighted by molar-refractivity contribution is 7.89. The monoisotopic (exact) mass is 316 g/mol. The SMILES string of the molecule is CCOCCN(CC)S(=O)(=O)c1ccc(OC)c(CN)c1. The molecule has 0 aromatic heterocycles. The van der Waals surface area contributed by atoms with Gasteiger partial charge in [0.05, 0.1) is 18.6 Å². The predicted octanol–water partition coefficient (Wildman–Crippen LogP) is 1.20. The van der Waals surface area contributed by atoms with Crippen LogP contribution in [0, 0.1) is 0 Å². The molecule has 6 nitrogen and oxygen atoms in total. The van der Waals surface area contributed by atoms with E-state index in [1.165, 1.54) is 17.5 Å². The lowest BCUT2D eigenvalue weighted by atomic mass is 10.2. The number of nitrogens with zero attached hydrogens (tertiary/aromatic N) is 1. The topological polar surface area (TPSA) is 81.9 Å². The molecule has 0 fully saturated rings. The first-order valence-corrected chi connectivity index (χ1v) is 8.40. The van der Waals surface area contributed by atoms with Crippen molar-refractivity contribution in [2.24, 2.45) is 5.73 Å². The zero-order chi connectivity index (χ0) is 15.9. The largest absolute Gasteiger partial charge is 0.496 e. The van der Waals surface area contributed by atoms with Crippen LogP contribution in [0.1, 0.15) is 19.4 Å². The summed E-state index contributed by atoms with van der Waals surface area (Å²) in [5, 5.41) is 0. The molecule has 0 aliphatic carbocycles. The minimum Gasteiger partial charge on any atom is -0.496 e. The number of hydrogen-bond acceptors (Lipinski definition) is 5. The second kappa shape index (κ2) is 8.33. The van der Waals surface area contributed by atoms with Crippen molar-refractivity contribution in [2.45, 2.75) is 25.3 Å². The van der Waals surface area contributed by atoms with E-state index in [1.807, 2.05) is 6.92 Å². The summed E-state index contributed by atoms with van der Waals surface area (Å²) in [6.07, 6.45) is 0. The van der Waals surface area contributed by atoms with Gasteiger partial charge in [-0.2, -0.15) is 4.31 Å². The van der Waals surface area contributed by atoms with Crippen molar-refractivity contribution in [3.63, 3.8) is 0 Å². The molecule has 0 saturated carbocycles. The molecule has 1 rings (SSSR count). The number of hydrogen-bond donors (Lipinski definition) is 1. The van der Waals surface area contributed by atoms with Crippen LogP contribution in [0.5, 0.6) is 5.75 Å². The summed E-state index contributed by atoms with van der Waals surface area (Å²) in [4.78, 5) is 0.224. The Morgan fingerprint density at radius 1 is 1.29 bits per heavy atom. The summed E-state index contributed by atoms with van der Waals surface area (Å²) in [6, 6.07) is 4.74. The van der Waals surface area contributed by atoms with Crippen LogP contribution >= 0.6 is 0 Å². The number of ether oxygens (including phenoxy) is 2. The van der Waals surface area contributed by atoms with Crippen LogP contribution in [0.4, 0.5) is 0 Å². The minimum absolute atomic E-state index is 0.220. The van der Waals surface area contributed by atoms with Gasteiger partial charge in [-0.15, -0.1) is 0 Å². The molecule has 120 valence electrons. The number of nitrogens with two attached hydrogens (primary N) is 1. The van der Waals surface area contributed by atoms with Crippen LogP contribution in [0.2, 0.25) is 0 Å². The van der Waals surface area contributed by atoms with Gasteiger partial charge in [-0.05, 0) is 25.1 Å². The Balaban J connectivity index is 3.05. The van der Waals surface area contributed by atoms with Crippen molar-refractivity contribution < 1.29 is 17.9 Å². The molecule has 0 saturated heterocycles. The Bertz CT molecular complexity index is 546. The fraction of sp³-hybridized carbons (Fsp3) is 0.571. The summed E-state index contributed by atoms with van der Waals surface area (Å²) in [7, 11) is -2.02. The molecule has 0 amide bonds. The maximum absolute atomic E-state index is 12.6. The Hall–Kier alpha value is -1.15. The fourth-order valence-corrected chi connectivity index (χ4v) is 3.47. The average molecular weight is 316 g/mol. The van der Waals surface area contributed by atoms with Gasteiger partial charge in [0, 0.05) is 31.8 Å². The van der Waals surface area contributed by atoms with Crippen LogP contribution < -0.4 is 10.5 Å². The van der Waals surface area contributed by atoms with Crippen molar-refractivity contribution in [3.8, 4) is 5.75 Å². The van der Waals surface area contributed by atoms with Crippen molar-refractivity contribution in [1.82, 2.24) is 4.31 Å². The number of methoxy groups -OCH3 is 1. The summed E-state index contributed by atoms with van der Waals surface area (Å²) >= 11 is 0. The van der Waals surface area contributed by atoms with Crippen LogP contribution in [-0.4, -0.2) is 46.1 Å². The summed E-state index contributed by atoms with van der Waals surface area (Å²) in [5.74, 6) is 0.591. The number of likely N-dealkylation sites (N-methyl/N-ethyl adjacent to an activating group) is 1. The van der Waals surface area contributed by atoms with Crippen molar-refractivity contribution in [3.05, 3.63) is 23.8 Å². The van der Waals surface area contributed by atoms with Crippen LogP contribution in [0.3, 0.4) is 0 Å². The summed E-state index contributed by atoms with van der Waals surface area (Å²) < 4.78 is 37.0.